The summed E-state index contributed by atoms with van der Waals surface area (Å²) in [5, 5.41) is 0. The van der Waals surface area contributed by atoms with Gasteiger partial charge in [0.15, 0.2) is 0 Å². The van der Waals surface area contributed by atoms with Crippen LogP contribution < -0.4 is 4.74 Å². The third-order valence-corrected chi connectivity index (χ3v) is 3.11. The van der Waals surface area contributed by atoms with Crippen LogP contribution in [-0.4, -0.2) is 9.97 Å². The monoisotopic (exact) mass is 296 g/mol. The number of nitrogens with zero attached hydrogens (tertiary/aromatic N) is 2. The number of hydrogen-bond donors (Lipinski definition) is 0. The summed E-state index contributed by atoms with van der Waals surface area (Å²) in [7, 11) is 0. The fourth-order valence-corrected chi connectivity index (χ4v) is 1.61. The van der Waals surface area contributed by atoms with Gasteiger partial charge in [-0.15, -0.1) is 0 Å². The highest BCUT2D eigenvalue weighted by Crippen LogP contribution is 2.24. The van der Waals surface area contributed by atoms with Crippen LogP contribution in [-0.2, 0) is 6.61 Å². The lowest BCUT2D eigenvalue weighted by molar-refractivity contribution is 0.291. The highest BCUT2D eigenvalue weighted by molar-refractivity contribution is 9.10. The summed E-state index contributed by atoms with van der Waals surface area (Å²) in [6.45, 7) is 1.99. The molecular formula is C12H10BrFN2O. The number of aromatic nitrogens is 2. The lowest BCUT2D eigenvalue weighted by atomic mass is 10.3. The average molecular weight is 297 g/mol. The van der Waals surface area contributed by atoms with Gasteiger partial charge < -0.3 is 4.74 Å². The van der Waals surface area contributed by atoms with E-state index in [1.54, 1.807) is 18.5 Å². The van der Waals surface area contributed by atoms with Crippen LogP contribution in [0.5, 0.6) is 5.75 Å². The Kier molecular flexibility index (Phi) is 3.68. The Labute approximate surface area is 107 Å². The van der Waals surface area contributed by atoms with Crippen LogP contribution in [0, 0.1) is 12.7 Å². The first-order chi connectivity index (χ1) is 8.18. The number of ether oxygens (including phenoxy) is 1. The third kappa shape index (κ3) is 2.79. The molecule has 0 saturated carbocycles. The fraction of sp³-hybridized carbons (Fsp3) is 0.167. The van der Waals surface area contributed by atoms with E-state index in [4.69, 9.17) is 4.74 Å². The molecule has 0 aliphatic heterocycles. The number of hydrogen-bond acceptors (Lipinski definition) is 3. The van der Waals surface area contributed by atoms with Crippen molar-refractivity contribution in [2.24, 2.45) is 0 Å². The summed E-state index contributed by atoms with van der Waals surface area (Å²) in [5.41, 5.74) is 1.21. The van der Waals surface area contributed by atoms with Crippen LogP contribution in [0.25, 0.3) is 0 Å². The van der Waals surface area contributed by atoms with Gasteiger partial charge in [-0.1, -0.05) is 0 Å². The third-order valence-electron chi connectivity index (χ3n) is 2.31. The molecular weight excluding hydrogens is 287 g/mol. The van der Waals surface area contributed by atoms with Gasteiger partial charge in [-0.25, -0.2) is 4.39 Å². The van der Waals surface area contributed by atoms with Gasteiger partial charge in [-0.05, 0) is 35.0 Å². The lowest BCUT2D eigenvalue weighted by Gasteiger charge is -2.09. The second-order valence-corrected chi connectivity index (χ2v) is 4.32. The molecule has 0 atom stereocenters. The topological polar surface area (TPSA) is 35.0 Å². The summed E-state index contributed by atoms with van der Waals surface area (Å²) >= 11 is 3.35. The zero-order valence-corrected chi connectivity index (χ0v) is 10.7. The van der Waals surface area contributed by atoms with Crippen molar-refractivity contribution in [3.63, 3.8) is 0 Å². The van der Waals surface area contributed by atoms with Gasteiger partial charge in [0.05, 0.1) is 6.20 Å². The van der Waals surface area contributed by atoms with Crippen molar-refractivity contribution >= 4 is 15.9 Å². The standard InChI is InChI=1S/C12H10BrFN2O/c1-8-9(13)5-15-6-12(8)17-7-11-10(14)3-2-4-16-11/h2-6H,7H2,1H3. The summed E-state index contributed by atoms with van der Waals surface area (Å²) in [6, 6.07) is 2.91. The van der Waals surface area contributed by atoms with Crippen molar-refractivity contribution in [2.75, 3.05) is 0 Å². The molecule has 0 amide bonds. The molecule has 0 aliphatic rings. The van der Waals surface area contributed by atoms with E-state index >= 15 is 0 Å². The van der Waals surface area contributed by atoms with Gasteiger partial charge in [0.25, 0.3) is 0 Å². The lowest BCUT2D eigenvalue weighted by Crippen LogP contribution is -2.02. The Morgan fingerprint density at radius 1 is 1.41 bits per heavy atom. The molecule has 2 rings (SSSR count). The molecule has 3 nitrogen and oxygen atoms in total. The second kappa shape index (κ2) is 5.23. The first-order valence-electron chi connectivity index (χ1n) is 5.01. The maximum Gasteiger partial charge on any atom is 0.148 e. The molecule has 2 heterocycles. The Bertz CT molecular complexity index is 534. The SMILES string of the molecule is Cc1c(Br)cncc1OCc1ncccc1F. The van der Waals surface area contributed by atoms with Gasteiger partial charge >= 0.3 is 0 Å². The number of pyridine rings is 2. The van der Waals surface area contributed by atoms with Crippen LogP contribution in [0.3, 0.4) is 0 Å². The molecule has 2 aromatic heterocycles. The highest BCUT2D eigenvalue weighted by atomic mass is 79.9. The van der Waals surface area contributed by atoms with Crippen molar-refractivity contribution in [3.8, 4) is 5.75 Å². The number of rotatable bonds is 3. The molecule has 0 fully saturated rings. The molecule has 5 heteroatoms. The van der Waals surface area contributed by atoms with Crippen molar-refractivity contribution in [3.05, 3.63) is 52.3 Å². The van der Waals surface area contributed by atoms with Gasteiger partial charge in [0, 0.05) is 22.4 Å². The van der Waals surface area contributed by atoms with E-state index in [-0.39, 0.29) is 18.1 Å². The molecule has 0 N–H and O–H groups in total. The summed E-state index contributed by atoms with van der Waals surface area (Å²) in [4.78, 5) is 7.91. The Hall–Kier alpha value is -1.49. The molecule has 17 heavy (non-hydrogen) atoms. The maximum absolute atomic E-state index is 13.3. The van der Waals surface area contributed by atoms with Gasteiger partial charge in [-0.3, -0.25) is 9.97 Å². The number of halogens is 2. The van der Waals surface area contributed by atoms with E-state index in [1.807, 2.05) is 6.92 Å². The molecule has 0 unspecified atom stereocenters. The first-order valence-corrected chi connectivity index (χ1v) is 5.80. The van der Waals surface area contributed by atoms with Crippen LogP contribution in [0.2, 0.25) is 0 Å². The van der Waals surface area contributed by atoms with Crippen LogP contribution in [0.1, 0.15) is 11.3 Å². The molecule has 0 spiro atoms. The maximum atomic E-state index is 13.3. The fourth-order valence-electron chi connectivity index (χ4n) is 1.30. The van der Waals surface area contributed by atoms with E-state index in [9.17, 15) is 4.39 Å². The summed E-state index contributed by atoms with van der Waals surface area (Å²) < 4.78 is 19.7. The smallest absolute Gasteiger partial charge is 0.148 e. The van der Waals surface area contributed by atoms with Crippen LogP contribution in [0.15, 0.2) is 35.2 Å². The minimum absolute atomic E-state index is 0.0889. The summed E-state index contributed by atoms with van der Waals surface area (Å²) in [6.07, 6.45) is 4.82. The first kappa shape index (κ1) is 12.0. The molecule has 2 aromatic rings. The van der Waals surface area contributed by atoms with E-state index in [0.29, 0.717) is 5.75 Å². The Morgan fingerprint density at radius 2 is 2.24 bits per heavy atom. The summed E-state index contributed by atoms with van der Waals surface area (Å²) in [5.74, 6) is 0.248. The Balaban J connectivity index is 2.13. The predicted molar refractivity (Wildman–Crippen MR) is 65.2 cm³/mol. The van der Waals surface area contributed by atoms with Crippen molar-refractivity contribution in [1.82, 2.24) is 9.97 Å². The Morgan fingerprint density at radius 3 is 3.00 bits per heavy atom. The van der Waals surface area contributed by atoms with Crippen molar-refractivity contribution < 1.29 is 9.13 Å². The molecule has 0 aliphatic carbocycles. The van der Waals surface area contributed by atoms with Crippen molar-refractivity contribution in [2.45, 2.75) is 13.5 Å². The predicted octanol–water partition coefficient (Wildman–Crippen LogP) is 3.27. The molecule has 0 aromatic carbocycles. The zero-order valence-electron chi connectivity index (χ0n) is 9.15. The second-order valence-electron chi connectivity index (χ2n) is 3.47. The quantitative estimate of drug-likeness (QED) is 0.872. The van der Waals surface area contributed by atoms with Crippen LogP contribution >= 0.6 is 15.9 Å². The van der Waals surface area contributed by atoms with Gasteiger partial charge in [0.2, 0.25) is 0 Å². The van der Waals surface area contributed by atoms with E-state index in [2.05, 4.69) is 25.9 Å². The van der Waals surface area contributed by atoms with Crippen LogP contribution in [0.4, 0.5) is 4.39 Å². The minimum Gasteiger partial charge on any atom is -0.485 e. The van der Waals surface area contributed by atoms with Crippen molar-refractivity contribution in [1.29, 1.82) is 0 Å². The van der Waals surface area contributed by atoms with E-state index in [1.165, 1.54) is 12.3 Å². The normalized spacial score (nSPS) is 10.3. The largest absolute Gasteiger partial charge is 0.485 e. The highest BCUT2D eigenvalue weighted by Gasteiger charge is 2.07. The zero-order chi connectivity index (χ0) is 12.3. The molecule has 0 radical (unpaired) electrons. The van der Waals surface area contributed by atoms with E-state index < -0.39 is 0 Å². The molecule has 0 bridgehead atoms. The molecule has 0 saturated heterocycles. The molecule has 88 valence electrons. The average Bonchev–Trinajstić information content (AvgIpc) is 2.33. The minimum atomic E-state index is -0.367. The van der Waals surface area contributed by atoms with Gasteiger partial charge in [-0.2, -0.15) is 0 Å². The van der Waals surface area contributed by atoms with E-state index in [0.717, 1.165) is 10.0 Å². The van der Waals surface area contributed by atoms with Gasteiger partial charge in [0.1, 0.15) is 23.9 Å².